The molecule has 0 fully saturated rings. The van der Waals surface area contributed by atoms with Crippen LogP contribution in [0.1, 0.15) is 17.2 Å². The molecule has 0 spiro atoms. The van der Waals surface area contributed by atoms with Crippen molar-refractivity contribution >= 4 is 11.6 Å². The van der Waals surface area contributed by atoms with E-state index >= 15 is 0 Å². The van der Waals surface area contributed by atoms with E-state index in [9.17, 15) is 9.50 Å². The predicted octanol–water partition coefficient (Wildman–Crippen LogP) is 2.55. The largest absolute Gasteiger partial charge is 0.388 e. The second-order valence-electron chi connectivity index (χ2n) is 3.63. The average Bonchev–Trinajstić information content (AvgIpc) is 2.35. The number of hydrogen-bond acceptors (Lipinski definition) is 3. The predicted molar refractivity (Wildman–Crippen MR) is 62.1 cm³/mol. The molecule has 1 atom stereocenters. The van der Waals surface area contributed by atoms with Gasteiger partial charge in [-0.1, -0.05) is 11.6 Å². The summed E-state index contributed by atoms with van der Waals surface area (Å²) in [7, 11) is 0. The van der Waals surface area contributed by atoms with Gasteiger partial charge in [-0.05, 0) is 23.8 Å². The van der Waals surface area contributed by atoms with Crippen LogP contribution in [0, 0.1) is 5.82 Å². The molecule has 0 bridgehead atoms. The maximum atomic E-state index is 13.4. The molecule has 0 aliphatic heterocycles. The van der Waals surface area contributed by atoms with Crippen LogP contribution in [0.25, 0.3) is 0 Å². The highest BCUT2D eigenvalue weighted by molar-refractivity contribution is 6.30. The van der Waals surface area contributed by atoms with Crippen LogP contribution in [-0.2, 0) is 6.42 Å². The fraction of sp³-hybridized carbons (Fsp3) is 0.167. The Hall–Kier alpha value is -1.52. The molecule has 1 aromatic carbocycles. The lowest BCUT2D eigenvalue weighted by molar-refractivity contribution is 0.176. The van der Waals surface area contributed by atoms with Gasteiger partial charge >= 0.3 is 0 Å². The lowest BCUT2D eigenvalue weighted by Gasteiger charge is -2.10. The van der Waals surface area contributed by atoms with Gasteiger partial charge in [0.25, 0.3) is 0 Å². The van der Waals surface area contributed by atoms with Crippen LogP contribution in [0.5, 0.6) is 0 Å². The topological polar surface area (TPSA) is 46.0 Å². The third-order valence-electron chi connectivity index (χ3n) is 2.39. The van der Waals surface area contributed by atoms with Crippen molar-refractivity contribution in [3.63, 3.8) is 0 Å². The van der Waals surface area contributed by atoms with Gasteiger partial charge in [0.15, 0.2) is 0 Å². The third kappa shape index (κ3) is 2.99. The Morgan fingerprint density at radius 3 is 2.71 bits per heavy atom. The summed E-state index contributed by atoms with van der Waals surface area (Å²) in [5.41, 5.74) is 0.917. The van der Waals surface area contributed by atoms with Crippen LogP contribution in [0.3, 0.4) is 0 Å². The first kappa shape index (κ1) is 12.0. The number of aromatic nitrogens is 2. The zero-order chi connectivity index (χ0) is 12.3. The first-order valence-electron chi connectivity index (χ1n) is 5.03. The van der Waals surface area contributed by atoms with Gasteiger partial charge in [0.2, 0.25) is 0 Å². The fourth-order valence-electron chi connectivity index (χ4n) is 1.51. The molecule has 17 heavy (non-hydrogen) atoms. The molecule has 2 aromatic rings. The normalized spacial score (nSPS) is 12.4. The third-order valence-corrected chi connectivity index (χ3v) is 2.62. The fourth-order valence-corrected chi connectivity index (χ4v) is 1.70. The minimum atomic E-state index is -0.843. The molecule has 0 saturated heterocycles. The van der Waals surface area contributed by atoms with Crippen LogP contribution < -0.4 is 0 Å². The zero-order valence-corrected chi connectivity index (χ0v) is 9.60. The number of nitrogens with zero attached hydrogens (tertiary/aromatic N) is 2. The maximum Gasteiger partial charge on any atom is 0.126 e. The summed E-state index contributed by atoms with van der Waals surface area (Å²) in [6.45, 7) is 0. The van der Waals surface area contributed by atoms with Gasteiger partial charge in [0.05, 0.1) is 6.10 Å². The van der Waals surface area contributed by atoms with Gasteiger partial charge in [-0.3, -0.25) is 0 Å². The molecule has 1 unspecified atom stereocenters. The smallest absolute Gasteiger partial charge is 0.126 e. The molecule has 0 aliphatic rings. The van der Waals surface area contributed by atoms with E-state index < -0.39 is 6.10 Å². The first-order chi connectivity index (χ1) is 8.16. The zero-order valence-electron chi connectivity index (χ0n) is 8.85. The minimum Gasteiger partial charge on any atom is -0.388 e. The van der Waals surface area contributed by atoms with Crippen LogP contribution in [0.15, 0.2) is 36.9 Å². The Labute approximate surface area is 103 Å². The van der Waals surface area contributed by atoms with Gasteiger partial charge < -0.3 is 5.11 Å². The molecular formula is C12H10ClFN2O. The van der Waals surface area contributed by atoms with E-state index in [0.29, 0.717) is 16.1 Å². The van der Waals surface area contributed by atoms with Crippen molar-refractivity contribution in [3.05, 3.63) is 58.9 Å². The first-order valence-corrected chi connectivity index (χ1v) is 5.41. The average molecular weight is 253 g/mol. The summed E-state index contributed by atoms with van der Waals surface area (Å²) < 4.78 is 13.4. The van der Waals surface area contributed by atoms with Gasteiger partial charge in [-0.15, -0.1) is 0 Å². The van der Waals surface area contributed by atoms with Crippen molar-refractivity contribution in [2.45, 2.75) is 12.5 Å². The van der Waals surface area contributed by atoms with Gasteiger partial charge in [-0.2, -0.15) is 0 Å². The van der Waals surface area contributed by atoms with Crippen molar-refractivity contribution in [1.29, 1.82) is 0 Å². The molecule has 88 valence electrons. The molecule has 1 N–H and O–H groups in total. The van der Waals surface area contributed by atoms with E-state index in [1.54, 1.807) is 0 Å². The number of hydrogen-bond donors (Lipinski definition) is 1. The van der Waals surface area contributed by atoms with E-state index in [1.807, 2.05) is 0 Å². The molecule has 0 saturated carbocycles. The van der Waals surface area contributed by atoms with Crippen LogP contribution in [-0.4, -0.2) is 15.1 Å². The number of halogens is 2. The summed E-state index contributed by atoms with van der Waals surface area (Å²) >= 11 is 5.77. The standard InChI is InChI=1S/C12H10ClFN2O/c13-10-1-2-11(14)8(3-10)4-12(17)9-5-15-7-16-6-9/h1-3,5-7,12,17H,4H2. The van der Waals surface area contributed by atoms with Crippen molar-refractivity contribution in [1.82, 2.24) is 9.97 Å². The monoisotopic (exact) mass is 252 g/mol. The van der Waals surface area contributed by atoms with Crippen LogP contribution in [0.2, 0.25) is 5.02 Å². The van der Waals surface area contributed by atoms with Gasteiger partial charge in [0.1, 0.15) is 12.1 Å². The Balaban J connectivity index is 2.18. The molecule has 0 radical (unpaired) electrons. The van der Waals surface area contributed by atoms with E-state index in [0.717, 1.165) is 0 Å². The van der Waals surface area contributed by atoms with Gasteiger partial charge in [-0.25, -0.2) is 14.4 Å². The van der Waals surface area contributed by atoms with Crippen LogP contribution in [0.4, 0.5) is 4.39 Å². The number of aliphatic hydroxyl groups excluding tert-OH is 1. The van der Waals surface area contributed by atoms with Gasteiger partial charge in [0, 0.05) is 29.4 Å². The highest BCUT2D eigenvalue weighted by Gasteiger charge is 2.12. The second kappa shape index (κ2) is 5.21. The van der Waals surface area contributed by atoms with Crippen molar-refractivity contribution < 1.29 is 9.50 Å². The second-order valence-corrected chi connectivity index (χ2v) is 4.06. The lowest BCUT2D eigenvalue weighted by Crippen LogP contribution is -2.04. The lowest BCUT2D eigenvalue weighted by atomic mass is 10.0. The summed E-state index contributed by atoms with van der Waals surface area (Å²) in [4.78, 5) is 7.59. The molecule has 1 heterocycles. The van der Waals surface area contributed by atoms with E-state index in [-0.39, 0.29) is 12.2 Å². The number of aliphatic hydroxyl groups is 1. The van der Waals surface area contributed by atoms with Crippen molar-refractivity contribution in [3.8, 4) is 0 Å². The Morgan fingerprint density at radius 2 is 2.00 bits per heavy atom. The molecule has 3 nitrogen and oxygen atoms in total. The molecule has 5 heteroatoms. The van der Waals surface area contributed by atoms with Crippen LogP contribution >= 0.6 is 11.6 Å². The SMILES string of the molecule is OC(Cc1cc(Cl)ccc1F)c1cncnc1. The Morgan fingerprint density at radius 1 is 1.29 bits per heavy atom. The summed E-state index contributed by atoms with van der Waals surface area (Å²) in [6, 6.07) is 4.26. The summed E-state index contributed by atoms with van der Waals surface area (Å²) in [5.74, 6) is -0.384. The summed E-state index contributed by atoms with van der Waals surface area (Å²) in [5, 5.41) is 10.3. The highest BCUT2D eigenvalue weighted by Crippen LogP contribution is 2.21. The minimum absolute atomic E-state index is 0.139. The van der Waals surface area contributed by atoms with E-state index in [4.69, 9.17) is 11.6 Å². The molecule has 0 aliphatic carbocycles. The molecule has 2 rings (SSSR count). The molecule has 1 aromatic heterocycles. The van der Waals surface area contributed by atoms with Crippen molar-refractivity contribution in [2.75, 3.05) is 0 Å². The van der Waals surface area contributed by atoms with E-state index in [1.165, 1.54) is 36.9 Å². The highest BCUT2D eigenvalue weighted by atomic mass is 35.5. The molecular weight excluding hydrogens is 243 g/mol. The quantitative estimate of drug-likeness (QED) is 0.913. The van der Waals surface area contributed by atoms with E-state index in [2.05, 4.69) is 9.97 Å². The maximum absolute atomic E-state index is 13.4. The Bertz CT molecular complexity index is 507. The molecule has 0 amide bonds. The summed E-state index contributed by atoms with van der Waals surface area (Å²) in [6.07, 6.45) is 3.67. The number of benzene rings is 1. The van der Waals surface area contributed by atoms with Crippen molar-refractivity contribution in [2.24, 2.45) is 0 Å². The Kier molecular flexibility index (Phi) is 3.66. The number of rotatable bonds is 3.